The minimum atomic E-state index is -0.140. The van der Waals surface area contributed by atoms with Crippen LogP contribution in [0.25, 0.3) is 0 Å². The molecule has 2 N–H and O–H groups in total. The summed E-state index contributed by atoms with van der Waals surface area (Å²) in [7, 11) is 0. The molecule has 1 saturated heterocycles. The van der Waals surface area contributed by atoms with Crippen molar-refractivity contribution in [2.24, 2.45) is 0 Å². The number of para-hydroxylation sites is 1. The first kappa shape index (κ1) is 20.6. The summed E-state index contributed by atoms with van der Waals surface area (Å²) in [6, 6.07) is 8.06. The number of hydrogen-bond donors (Lipinski definition) is 2. The molecular formula is C18H30Cl2N2O. The first-order valence-electron chi connectivity index (χ1n) is 8.71. The number of piperazine rings is 1. The third kappa shape index (κ3) is 6.88. The van der Waals surface area contributed by atoms with Crippen LogP contribution >= 0.6 is 11.6 Å². The van der Waals surface area contributed by atoms with Crippen LogP contribution in [0.5, 0.6) is 0 Å². The third-order valence-corrected chi connectivity index (χ3v) is 4.90. The number of nitrogens with zero attached hydrogens (tertiary/aromatic N) is 1. The highest BCUT2D eigenvalue weighted by molar-refractivity contribution is 6.33. The smallest absolute Gasteiger partial charge is 0.104 e. The fourth-order valence-corrected chi connectivity index (χ4v) is 3.47. The van der Waals surface area contributed by atoms with Crippen molar-refractivity contribution >= 4 is 17.3 Å². The van der Waals surface area contributed by atoms with E-state index in [1.807, 2.05) is 18.2 Å². The van der Waals surface area contributed by atoms with Gasteiger partial charge in [-0.05, 0) is 18.6 Å². The van der Waals surface area contributed by atoms with E-state index < -0.39 is 0 Å². The zero-order chi connectivity index (χ0) is 15.8. The van der Waals surface area contributed by atoms with Gasteiger partial charge in [-0.3, -0.25) is 0 Å². The number of nitrogens with one attached hydrogen (secondary N) is 1. The topological polar surface area (TPSA) is 27.9 Å². The SMILES string of the molecule is CCCCCCC(O)C[NH+]1CCN(c2ccccc2Cl)CC1.[Cl-]. The van der Waals surface area contributed by atoms with Gasteiger partial charge in [-0.2, -0.15) is 0 Å². The van der Waals surface area contributed by atoms with Crippen LogP contribution in [0.4, 0.5) is 5.69 Å². The molecule has 1 aromatic carbocycles. The van der Waals surface area contributed by atoms with Crippen molar-refractivity contribution in [1.29, 1.82) is 0 Å². The van der Waals surface area contributed by atoms with Crippen LogP contribution in [0.2, 0.25) is 5.02 Å². The maximum absolute atomic E-state index is 10.2. The molecule has 2 rings (SSSR count). The molecule has 1 aliphatic rings. The number of hydrogen-bond acceptors (Lipinski definition) is 2. The lowest BCUT2D eigenvalue weighted by Gasteiger charge is -2.34. The van der Waals surface area contributed by atoms with Gasteiger partial charge in [0, 0.05) is 0 Å². The van der Waals surface area contributed by atoms with Crippen LogP contribution in [-0.4, -0.2) is 43.9 Å². The molecule has 132 valence electrons. The summed E-state index contributed by atoms with van der Waals surface area (Å²) in [5.41, 5.74) is 1.14. The fraction of sp³-hybridized carbons (Fsp3) is 0.667. The lowest BCUT2D eigenvalue weighted by molar-refractivity contribution is -0.903. The Hall–Kier alpha value is -0.480. The second kappa shape index (κ2) is 11.1. The summed E-state index contributed by atoms with van der Waals surface area (Å²) in [6.07, 6.45) is 5.77. The molecule has 0 aromatic heterocycles. The standard InChI is InChI=1S/C18H29ClN2O.ClH/c1-2-3-4-5-8-16(22)15-20-11-13-21(14-12-20)18-10-7-6-9-17(18)19;/h6-7,9-10,16,22H,2-5,8,11-15H2,1H3;1H. The molecule has 1 aliphatic heterocycles. The predicted octanol–water partition coefficient (Wildman–Crippen LogP) is -0.620. The van der Waals surface area contributed by atoms with E-state index in [1.54, 1.807) is 0 Å². The highest BCUT2D eigenvalue weighted by Crippen LogP contribution is 2.24. The Labute approximate surface area is 152 Å². The number of benzene rings is 1. The summed E-state index contributed by atoms with van der Waals surface area (Å²) in [5, 5.41) is 11.0. The number of aliphatic hydroxyl groups excluding tert-OH is 1. The highest BCUT2D eigenvalue weighted by Gasteiger charge is 2.23. The Morgan fingerprint density at radius 2 is 1.87 bits per heavy atom. The van der Waals surface area contributed by atoms with Gasteiger partial charge >= 0.3 is 0 Å². The molecule has 1 fully saturated rings. The van der Waals surface area contributed by atoms with Gasteiger partial charge in [-0.15, -0.1) is 0 Å². The molecule has 1 heterocycles. The van der Waals surface area contributed by atoms with E-state index in [1.165, 1.54) is 24.2 Å². The molecule has 1 aromatic rings. The molecule has 0 saturated carbocycles. The summed E-state index contributed by atoms with van der Waals surface area (Å²) >= 11 is 6.27. The number of quaternary nitrogens is 1. The molecule has 0 aliphatic carbocycles. The molecule has 0 amide bonds. The van der Waals surface area contributed by atoms with Gasteiger partial charge in [0.25, 0.3) is 0 Å². The van der Waals surface area contributed by atoms with Crippen molar-refractivity contribution < 1.29 is 22.4 Å². The highest BCUT2D eigenvalue weighted by atomic mass is 35.5. The van der Waals surface area contributed by atoms with E-state index in [0.717, 1.165) is 56.3 Å². The monoisotopic (exact) mass is 360 g/mol. The quantitative estimate of drug-likeness (QED) is 0.605. The summed E-state index contributed by atoms with van der Waals surface area (Å²) in [5.74, 6) is 0. The van der Waals surface area contributed by atoms with Gasteiger partial charge in [-0.25, -0.2) is 0 Å². The summed E-state index contributed by atoms with van der Waals surface area (Å²) in [4.78, 5) is 3.88. The maximum Gasteiger partial charge on any atom is 0.104 e. The molecule has 1 unspecified atom stereocenters. The van der Waals surface area contributed by atoms with Crippen molar-refractivity contribution in [2.45, 2.75) is 45.1 Å². The zero-order valence-electron chi connectivity index (χ0n) is 14.1. The number of aliphatic hydroxyl groups is 1. The maximum atomic E-state index is 10.2. The minimum absolute atomic E-state index is 0. The third-order valence-electron chi connectivity index (χ3n) is 4.58. The van der Waals surface area contributed by atoms with Crippen molar-refractivity contribution in [2.75, 3.05) is 37.6 Å². The van der Waals surface area contributed by atoms with Crippen LogP contribution in [-0.2, 0) is 0 Å². The Balaban J connectivity index is 0.00000264. The first-order valence-corrected chi connectivity index (χ1v) is 9.09. The van der Waals surface area contributed by atoms with E-state index in [0.29, 0.717) is 0 Å². The van der Waals surface area contributed by atoms with E-state index >= 15 is 0 Å². The average Bonchev–Trinajstić information content (AvgIpc) is 2.53. The van der Waals surface area contributed by atoms with Crippen LogP contribution < -0.4 is 22.2 Å². The van der Waals surface area contributed by atoms with Crippen molar-refractivity contribution in [3.63, 3.8) is 0 Å². The number of unbranched alkanes of at least 4 members (excludes halogenated alkanes) is 3. The Kier molecular flexibility index (Phi) is 9.96. The molecule has 0 radical (unpaired) electrons. The first-order chi connectivity index (χ1) is 10.7. The zero-order valence-corrected chi connectivity index (χ0v) is 15.6. The number of anilines is 1. The van der Waals surface area contributed by atoms with Crippen LogP contribution in [0.3, 0.4) is 0 Å². The van der Waals surface area contributed by atoms with Crippen molar-refractivity contribution in [3.05, 3.63) is 29.3 Å². The fourth-order valence-electron chi connectivity index (χ4n) is 3.22. The van der Waals surface area contributed by atoms with E-state index in [2.05, 4.69) is 17.9 Å². The van der Waals surface area contributed by atoms with Gasteiger partial charge in [0.05, 0.1) is 36.9 Å². The van der Waals surface area contributed by atoms with Crippen LogP contribution in [0, 0.1) is 0 Å². The van der Waals surface area contributed by atoms with Crippen LogP contribution in [0.1, 0.15) is 39.0 Å². The van der Waals surface area contributed by atoms with E-state index in [4.69, 9.17) is 11.6 Å². The molecule has 3 nitrogen and oxygen atoms in total. The summed E-state index contributed by atoms with van der Waals surface area (Å²) in [6.45, 7) is 7.30. The Morgan fingerprint density at radius 3 is 2.52 bits per heavy atom. The Bertz CT molecular complexity index is 437. The molecule has 0 spiro atoms. The van der Waals surface area contributed by atoms with E-state index in [9.17, 15) is 5.11 Å². The van der Waals surface area contributed by atoms with Gasteiger partial charge in [0.1, 0.15) is 12.6 Å². The summed E-state index contributed by atoms with van der Waals surface area (Å²) < 4.78 is 0. The molecule has 0 bridgehead atoms. The van der Waals surface area contributed by atoms with Gasteiger partial charge in [0.15, 0.2) is 0 Å². The Morgan fingerprint density at radius 1 is 1.17 bits per heavy atom. The largest absolute Gasteiger partial charge is 1.00 e. The van der Waals surface area contributed by atoms with Gasteiger partial charge in [0.2, 0.25) is 0 Å². The second-order valence-corrected chi connectivity index (χ2v) is 6.80. The molecule has 1 atom stereocenters. The molecular weight excluding hydrogens is 331 g/mol. The van der Waals surface area contributed by atoms with Gasteiger partial charge < -0.3 is 27.3 Å². The van der Waals surface area contributed by atoms with Gasteiger partial charge in [-0.1, -0.05) is 56.3 Å². The van der Waals surface area contributed by atoms with Crippen LogP contribution in [0.15, 0.2) is 24.3 Å². The minimum Gasteiger partial charge on any atom is -1.00 e. The molecule has 23 heavy (non-hydrogen) atoms. The average molecular weight is 361 g/mol. The van der Waals surface area contributed by atoms with Crippen molar-refractivity contribution in [3.8, 4) is 0 Å². The second-order valence-electron chi connectivity index (χ2n) is 6.40. The lowest BCUT2D eigenvalue weighted by Crippen LogP contribution is -3.15. The number of halogens is 2. The van der Waals surface area contributed by atoms with Crippen molar-refractivity contribution in [1.82, 2.24) is 0 Å². The lowest BCUT2D eigenvalue weighted by atomic mass is 10.1. The predicted molar refractivity (Wildman–Crippen MR) is 94.0 cm³/mol. The van der Waals surface area contributed by atoms with E-state index in [-0.39, 0.29) is 18.5 Å². The molecule has 5 heteroatoms. The normalized spacial score (nSPS) is 16.9. The number of rotatable bonds is 8.